The molecule has 164 valence electrons. The van der Waals surface area contributed by atoms with Gasteiger partial charge in [0.2, 0.25) is 0 Å². The molecular weight excluding hydrogens is 479 g/mol. The molecule has 2 saturated heterocycles. The number of nitrogens with one attached hydrogen (secondary N) is 1. The third-order valence-corrected chi connectivity index (χ3v) is 6.20. The van der Waals surface area contributed by atoms with E-state index in [1.54, 1.807) is 0 Å². The summed E-state index contributed by atoms with van der Waals surface area (Å²) >= 11 is 0. The van der Waals surface area contributed by atoms with Crippen LogP contribution in [0, 0.1) is 0 Å². The summed E-state index contributed by atoms with van der Waals surface area (Å²) in [5.41, 5.74) is 7.51. The van der Waals surface area contributed by atoms with Crippen LogP contribution in [0.1, 0.15) is 45.1 Å². The highest BCUT2D eigenvalue weighted by molar-refractivity contribution is 14.0. The molecule has 3 N–H and O–H groups in total. The summed E-state index contributed by atoms with van der Waals surface area (Å²) in [6, 6.07) is 9.03. The van der Waals surface area contributed by atoms with Gasteiger partial charge in [-0.25, -0.2) is 0 Å². The molecule has 0 bridgehead atoms. The third-order valence-electron chi connectivity index (χ3n) is 6.20. The molecule has 2 aliphatic heterocycles. The summed E-state index contributed by atoms with van der Waals surface area (Å²) in [6.45, 7) is 10.3. The largest absolute Gasteiger partial charge is 0.494 e. The van der Waals surface area contributed by atoms with E-state index in [0.717, 1.165) is 44.9 Å². The molecule has 6 nitrogen and oxygen atoms in total. The van der Waals surface area contributed by atoms with Gasteiger partial charge in [0.05, 0.1) is 13.2 Å². The van der Waals surface area contributed by atoms with Crippen molar-refractivity contribution in [3.8, 4) is 5.75 Å². The molecule has 0 aromatic heterocycles. The van der Waals surface area contributed by atoms with E-state index in [4.69, 9.17) is 20.2 Å². The van der Waals surface area contributed by atoms with Crippen molar-refractivity contribution in [2.24, 2.45) is 10.7 Å². The van der Waals surface area contributed by atoms with Crippen molar-refractivity contribution in [1.29, 1.82) is 0 Å². The van der Waals surface area contributed by atoms with Crippen molar-refractivity contribution in [2.45, 2.75) is 51.0 Å². The Morgan fingerprint density at radius 3 is 2.66 bits per heavy atom. The molecule has 1 atom stereocenters. The molecule has 2 heterocycles. The van der Waals surface area contributed by atoms with E-state index in [9.17, 15) is 0 Å². The monoisotopic (exact) mass is 516 g/mol. The Balaban J connectivity index is 0.00000300. The Labute approximate surface area is 192 Å². The van der Waals surface area contributed by atoms with Crippen LogP contribution in [0.3, 0.4) is 0 Å². The quantitative estimate of drug-likeness (QED) is 0.316. The van der Waals surface area contributed by atoms with Crippen LogP contribution in [0.5, 0.6) is 5.75 Å². The predicted octanol–water partition coefficient (Wildman–Crippen LogP) is 3.14. The number of hydrogen-bond acceptors (Lipinski definition) is 4. The van der Waals surface area contributed by atoms with Crippen molar-refractivity contribution in [1.82, 2.24) is 10.2 Å². The molecule has 0 saturated carbocycles. The highest BCUT2D eigenvalue weighted by Crippen LogP contribution is 2.36. The first-order valence-electron chi connectivity index (χ1n) is 10.8. The first-order valence-corrected chi connectivity index (χ1v) is 10.8. The number of nitrogens with zero attached hydrogens (tertiary/aromatic N) is 2. The number of benzene rings is 1. The van der Waals surface area contributed by atoms with Crippen molar-refractivity contribution >= 4 is 29.9 Å². The van der Waals surface area contributed by atoms with E-state index in [1.807, 2.05) is 6.92 Å². The van der Waals surface area contributed by atoms with Crippen LogP contribution in [0.25, 0.3) is 0 Å². The number of ether oxygens (including phenoxy) is 2. The normalized spacial score (nSPS) is 22.1. The Morgan fingerprint density at radius 2 is 2.00 bits per heavy atom. The van der Waals surface area contributed by atoms with Crippen LogP contribution in [-0.2, 0) is 10.2 Å². The Bertz CT molecular complexity index is 632. The van der Waals surface area contributed by atoms with E-state index in [2.05, 4.69) is 41.4 Å². The minimum atomic E-state index is -0.0158. The zero-order chi connectivity index (χ0) is 19.8. The highest BCUT2D eigenvalue weighted by atomic mass is 127. The van der Waals surface area contributed by atoms with Gasteiger partial charge in [0.15, 0.2) is 5.96 Å². The van der Waals surface area contributed by atoms with Crippen molar-refractivity contribution < 1.29 is 9.47 Å². The van der Waals surface area contributed by atoms with Gasteiger partial charge < -0.3 is 20.5 Å². The average molecular weight is 516 g/mol. The zero-order valence-corrected chi connectivity index (χ0v) is 20.2. The molecule has 0 aliphatic carbocycles. The molecule has 29 heavy (non-hydrogen) atoms. The summed E-state index contributed by atoms with van der Waals surface area (Å²) in [4.78, 5) is 7.26. The topological polar surface area (TPSA) is 72.1 Å². The summed E-state index contributed by atoms with van der Waals surface area (Å²) in [7, 11) is 0. The highest BCUT2D eigenvalue weighted by Gasteiger charge is 2.34. The molecule has 3 rings (SSSR count). The van der Waals surface area contributed by atoms with E-state index in [1.165, 1.54) is 24.9 Å². The standard InChI is InChI=1S/C22H36N4O2.HI/c1-3-26-13-5-6-19(26)16-24-21(23)25-17-22(11-14-27-15-12-22)18-7-9-20(10-8-18)28-4-2;/h7-10,19H,3-6,11-17H2,1-2H3,(H3,23,24,25);1H. The maximum absolute atomic E-state index is 6.23. The van der Waals surface area contributed by atoms with Gasteiger partial charge in [-0.1, -0.05) is 19.1 Å². The molecule has 7 heteroatoms. The third kappa shape index (κ3) is 6.46. The molecule has 2 aliphatic rings. The SMILES string of the molecule is CCOc1ccc(C2(CN=C(N)NCC3CCCN3CC)CCOCC2)cc1.I. The lowest BCUT2D eigenvalue weighted by atomic mass is 9.74. The lowest BCUT2D eigenvalue weighted by Crippen LogP contribution is -2.44. The number of guanidine groups is 1. The summed E-state index contributed by atoms with van der Waals surface area (Å²) < 4.78 is 11.2. The molecule has 1 unspecified atom stereocenters. The van der Waals surface area contributed by atoms with Gasteiger partial charge in [0, 0.05) is 31.2 Å². The zero-order valence-electron chi connectivity index (χ0n) is 17.9. The van der Waals surface area contributed by atoms with Gasteiger partial charge >= 0.3 is 0 Å². The van der Waals surface area contributed by atoms with Gasteiger partial charge in [-0.2, -0.15) is 0 Å². The van der Waals surface area contributed by atoms with Gasteiger partial charge in [0.1, 0.15) is 5.75 Å². The van der Waals surface area contributed by atoms with Gasteiger partial charge in [-0.3, -0.25) is 9.89 Å². The van der Waals surface area contributed by atoms with Crippen LogP contribution < -0.4 is 15.8 Å². The number of aliphatic imine (C=N–C) groups is 1. The molecule has 2 fully saturated rings. The predicted molar refractivity (Wildman–Crippen MR) is 130 cm³/mol. The molecule has 0 spiro atoms. The van der Waals surface area contributed by atoms with Gasteiger partial charge in [0.25, 0.3) is 0 Å². The minimum absolute atomic E-state index is 0. The molecule has 1 aromatic carbocycles. The summed E-state index contributed by atoms with van der Waals surface area (Å²) in [6.07, 6.45) is 4.44. The Hall–Kier alpha value is -1.06. The van der Waals surface area contributed by atoms with Crippen LogP contribution in [0.15, 0.2) is 29.3 Å². The number of likely N-dealkylation sites (N-methyl/N-ethyl adjacent to an activating group) is 1. The second-order valence-corrected chi connectivity index (χ2v) is 7.86. The van der Waals surface area contributed by atoms with Crippen LogP contribution >= 0.6 is 24.0 Å². The van der Waals surface area contributed by atoms with Crippen molar-refractivity contribution in [3.05, 3.63) is 29.8 Å². The lowest BCUT2D eigenvalue weighted by Gasteiger charge is -2.36. The number of halogens is 1. The molecule has 1 aromatic rings. The number of nitrogens with two attached hydrogens (primary N) is 1. The fourth-order valence-corrected chi connectivity index (χ4v) is 4.43. The van der Waals surface area contributed by atoms with Gasteiger partial charge in [-0.05, 0) is 63.4 Å². The van der Waals surface area contributed by atoms with E-state index in [0.29, 0.717) is 25.2 Å². The fourth-order valence-electron chi connectivity index (χ4n) is 4.43. The van der Waals surface area contributed by atoms with Gasteiger partial charge in [-0.15, -0.1) is 24.0 Å². The Kier molecular flexibility index (Phi) is 9.98. The molecule has 0 amide bonds. The first kappa shape index (κ1) is 24.2. The number of hydrogen-bond donors (Lipinski definition) is 2. The second kappa shape index (κ2) is 12.0. The van der Waals surface area contributed by atoms with E-state index >= 15 is 0 Å². The maximum atomic E-state index is 6.23. The molecular formula is C22H37IN4O2. The van der Waals surface area contributed by atoms with E-state index < -0.39 is 0 Å². The minimum Gasteiger partial charge on any atom is -0.494 e. The number of rotatable bonds is 8. The molecule has 0 radical (unpaired) electrons. The number of likely N-dealkylation sites (tertiary alicyclic amines) is 1. The van der Waals surface area contributed by atoms with E-state index in [-0.39, 0.29) is 29.4 Å². The summed E-state index contributed by atoms with van der Waals surface area (Å²) in [5.74, 6) is 1.47. The van der Waals surface area contributed by atoms with Crippen molar-refractivity contribution in [2.75, 3.05) is 46.0 Å². The first-order chi connectivity index (χ1) is 13.7. The summed E-state index contributed by atoms with van der Waals surface area (Å²) in [5, 5.41) is 3.36. The van der Waals surface area contributed by atoms with Crippen molar-refractivity contribution in [3.63, 3.8) is 0 Å². The smallest absolute Gasteiger partial charge is 0.188 e. The maximum Gasteiger partial charge on any atom is 0.188 e. The fraction of sp³-hybridized carbons (Fsp3) is 0.682. The average Bonchev–Trinajstić information content (AvgIpc) is 3.20. The van der Waals surface area contributed by atoms with Crippen LogP contribution in [0.4, 0.5) is 0 Å². The second-order valence-electron chi connectivity index (χ2n) is 7.86. The lowest BCUT2D eigenvalue weighted by molar-refractivity contribution is 0.0531. The van der Waals surface area contributed by atoms with Crippen LogP contribution in [0.2, 0.25) is 0 Å². The Morgan fingerprint density at radius 1 is 1.28 bits per heavy atom. The van der Waals surface area contributed by atoms with Crippen LogP contribution in [-0.4, -0.2) is 62.9 Å².